The number of thiazole rings is 1. The number of amides is 1. The molecule has 0 aliphatic carbocycles. The van der Waals surface area contributed by atoms with E-state index in [2.05, 4.69) is 36.8 Å². The zero-order valence-corrected chi connectivity index (χ0v) is 15.1. The van der Waals surface area contributed by atoms with Crippen LogP contribution in [0.4, 0.5) is 5.13 Å². The van der Waals surface area contributed by atoms with Gasteiger partial charge in [0.1, 0.15) is 11.2 Å². The van der Waals surface area contributed by atoms with Gasteiger partial charge in [-0.3, -0.25) is 14.6 Å². The quantitative estimate of drug-likeness (QED) is 0.722. The van der Waals surface area contributed by atoms with E-state index in [4.69, 9.17) is 16.9 Å². The molecule has 0 saturated carbocycles. The normalized spacial score (nSPS) is 22.9. The monoisotopic (exact) mass is 353 g/mol. The van der Waals surface area contributed by atoms with E-state index in [1.165, 1.54) is 11.3 Å². The summed E-state index contributed by atoms with van der Waals surface area (Å²) in [5, 5.41) is 10.2. The molecule has 1 aromatic heterocycles. The molecule has 2 aliphatic heterocycles. The number of fused-ring (bicyclic) bond motifs is 1. The Morgan fingerprint density at radius 1 is 1.30 bits per heavy atom. The van der Waals surface area contributed by atoms with Gasteiger partial charge in [0.15, 0.2) is 11.3 Å². The molecule has 0 bridgehead atoms. The number of carbonyl (C=O) groups excluding carboxylic acids is 1. The maximum atomic E-state index is 12.9. The van der Waals surface area contributed by atoms with Gasteiger partial charge in [-0.1, -0.05) is 43.7 Å². The summed E-state index contributed by atoms with van der Waals surface area (Å²) >= 11 is 7.77. The fourth-order valence-corrected chi connectivity index (χ4v) is 4.57. The molecule has 23 heavy (non-hydrogen) atoms. The molecule has 1 atom stereocenters. The van der Waals surface area contributed by atoms with Gasteiger partial charge in [-0.2, -0.15) is 5.26 Å². The molecule has 0 spiro atoms. The molecule has 0 radical (unpaired) electrons. The van der Waals surface area contributed by atoms with Crippen LogP contribution in [0.5, 0.6) is 0 Å². The van der Waals surface area contributed by atoms with Gasteiger partial charge in [0, 0.05) is 26.2 Å². The van der Waals surface area contributed by atoms with Crippen molar-refractivity contribution in [1.82, 2.24) is 14.8 Å². The summed E-state index contributed by atoms with van der Waals surface area (Å²) in [7, 11) is 0. The van der Waals surface area contributed by atoms with Crippen LogP contribution in [0.3, 0.4) is 0 Å². The first-order chi connectivity index (χ1) is 10.8. The van der Waals surface area contributed by atoms with Gasteiger partial charge in [-0.25, -0.2) is 4.98 Å². The summed E-state index contributed by atoms with van der Waals surface area (Å²) in [5.74, 6) is 0.0158. The third-order valence-corrected chi connectivity index (χ3v) is 6.17. The molecule has 3 rings (SSSR count). The van der Waals surface area contributed by atoms with Gasteiger partial charge in [-0.15, -0.1) is 0 Å². The average molecular weight is 354 g/mol. The molecule has 124 valence electrons. The highest BCUT2D eigenvalue weighted by molar-refractivity contribution is 7.16. The van der Waals surface area contributed by atoms with Gasteiger partial charge < -0.3 is 4.90 Å². The van der Waals surface area contributed by atoms with Crippen molar-refractivity contribution in [3.63, 3.8) is 0 Å². The Bertz CT molecular complexity index is 662. The van der Waals surface area contributed by atoms with E-state index in [9.17, 15) is 4.79 Å². The Kier molecular flexibility index (Phi) is 4.25. The van der Waals surface area contributed by atoms with Crippen LogP contribution in [0.1, 0.15) is 25.6 Å². The maximum absolute atomic E-state index is 12.9. The minimum Gasteiger partial charge on any atom is -0.307 e. The van der Waals surface area contributed by atoms with Crippen LogP contribution in [0, 0.1) is 11.5 Å². The second-order valence-corrected chi connectivity index (χ2v) is 8.29. The Labute approximate surface area is 145 Å². The summed E-state index contributed by atoms with van der Waals surface area (Å²) in [4.78, 5) is 23.8. The highest BCUT2D eigenvalue weighted by atomic mass is 35.5. The van der Waals surface area contributed by atoms with Crippen LogP contribution < -0.4 is 4.90 Å². The molecule has 6 nitrogen and oxygen atoms in total. The summed E-state index contributed by atoms with van der Waals surface area (Å²) < 4.78 is 0. The molecule has 0 N–H and O–H groups in total. The molecule has 1 amide bonds. The first-order valence-electron chi connectivity index (χ1n) is 7.68. The van der Waals surface area contributed by atoms with Gasteiger partial charge in [0.05, 0.1) is 11.4 Å². The van der Waals surface area contributed by atoms with Gasteiger partial charge in [0.2, 0.25) is 5.91 Å². The Balaban J connectivity index is 1.85. The van der Waals surface area contributed by atoms with Crippen LogP contribution in [0.15, 0.2) is 0 Å². The number of nitriles is 1. The lowest BCUT2D eigenvalue weighted by Gasteiger charge is -2.44. The van der Waals surface area contributed by atoms with Crippen LogP contribution >= 0.6 is 22.9 Å². The summed E-state index contributed by atoms with van der Waals surface area (Å²) in [6.45, 7) is 9.58. The molecule has 2 saturated heterocycles. The maximum Gasteiger partial charge on any atom is 0.248 e. The fourth-order valence-electron chi connectivity index (χ4n) is 2.99. The van der Waals surface area contributed by atoms with Crippen molar-refractivity contribution in [3.8, 4) is 6.19 Å². The molecule has 2 fully saturated rings. The lowest BCUT2D eigenvalue weighted by atomic mass is 9.95. The fraction of sp³-hybridized carbons (Fsp3) is 0.667. The van der Waals surface area contributed by atoms with Crippen molar-refractivity contribution in [2.24, 2.45) is 0 Å². The minimum atomic E-state index is -0.266. The van der Waals surface area contributed by atoms with Gasteiger partial charge >= 0.3 is 0 Å². The van der Waals surface area contributed by atoms with Crippen LogP contribution in [-0.4, -0.2) is 59.5 Å². The largest absolute Gasteiger partial charge is 0.307 e. The van der Waals surface area contributed by atoms with E-state index in [1.54, 1.807) is 9.80 Å². The topological polar surface area (TPSA) is 63.5 Å². The molecular formula is C15H20ClN5OS. The smallest absolute Gasteiger partial charge is 0.248 e. The average Bonchev–Trinajstić information content (AvgIpc) is 2.89. The third kappa shape index (κ3) is 3.03. The van der Waals surface area contributed by atoms with E-state index < -0.39 is 0 Å². The standard InChI is InChI=1S/C15H20ClN5OS/c1-15(2,3)11-12(16)18-14(23-11)21-7-6-20-5-4-19(9-17)8-10(20)13(21)22/h10H,4-8H2,1-3H3/t10-/m1/s1. The van der Waals surface area contributed by atoms with Crippen molar-refractivity contribution in [2.45, 2.75) is 32.2 Å². The SMILES string of the molecule is CC(C)(C)c1sc(N2CCN3CCN(C#N)C[C@@H]3C2=O)nc1Cl. The lowest BCUT2D eigenvalue weighted by Crippen LogP contribution is -2.64. The number of carbonyl (C=O) groups is 1. The van der Waals surface area contributed by atoms with Crippen molar-refractivity contribution in [1.29, 1.82) is 5.26 Å². The predicted molar refractivity (Wildman–Crippen MR) is 90.7 cm³/mol. The number of rotatable bonds is 1. The summed E-state index contributed by atoms with van der Waals surface area (Å²) in [6.07, 6.45) is 2.15. The molecule has 0 aromatic carbocycles. The van der Waals surface area contributed by atoms with Crippen LogP contribution in [0.25, 0.3) is 0 Å². The van der Waals surface area contributed by atoms with Crippen LogP contribution in [-0.2, 0) is 10.2 Å². The first kappa shape index (κ1) is 16.5. The lowest BCUT2D eigenvalue weighted by molar-refractivity contribution is -0.127. The van der Waals surface area contributed by atoms with E-state index in [-0.39, 0.29) is 17.4 Å². The Morgan fingerprint density at radius 2 is 2.00 bits per heavy atom. The number of anilines is 1. The number of halogens is 1. The second kappa shape index (κ2) is 5.93. The zero-order chi connectivity index (χ0) is 16.8. The van der Waals surface area contributed by atoms with E-state index in [0.29, 0.717) is 29.9 Å². The highest BCUT2D eigenvalue weighted by Crippen LogP contribution is 2.38. The first-order valence-corrected chi connectivity index (χ1v) is 8.87. The minimum absolute atomic E-state index is 0.0158. The van der Waals surface area contributed by atoms with Crippen molar-refractivity contribution in [2.75, 3.05) is 37.6 Å². The highest BCUT2D eigenvalue weighted by Gasteiger charge is 2.40. The summed E-state index contributed by atoms with van der Waals surface area (Å²) in [5.41, 5.74) is -0.0969. The van der Waals surface area contributed by atoms with E-state index in [1.807, 2.05) is 0 Å². The third-order valence-electron chi connectivity index (χ3n) is 4.28. The van der Waals surface area contributed by atoms with E-state index in [0.717, 1.165) is 18.0 Å². The number of nitrogens with zero attached hydrogens (tertiary/aromatic N) is 5. The molecule has 2 aliphatic rings. The molecule has 1 aromatic rings. The van der Waals surface area contributed by atoms with Crippen LogP contribution in [0.2, 0.25) is 5.15 Å². The molecular weight excluding hydrogens is 334 g/mol. The Hall–Kier alpha value is -1.36. The zero-order valence-electron chi connectivity index (χ0n) is 13.5. The van der Waals surface area contributed by atoms with Gasteiger partial charge in [-0.05, 0) is 5.41 Å². The number of piperazine rings is 2. The summed E-state index contributed by atoms with van der Waals surface area (Å²) in [6, 6.07) is -0.266. The van der Waals surface area contributed by atoms with Crippen molar-refractivity contribution < 1.29 is 4.79 Å². The molecule has 3 heterocycles. The van der Waals surface area contributed by atoms with Crippen molar-refractivity contribution >= 4 is 34.0 Å². The number of hydrogen-bond acceptors (Lipinski definition) is 6. The van der Waals surface area contributed by atoms with Crippen molar-refractivity contribution in [3.05, 3.63) is 10.0 Å². The molecule has 8 heteroatoms. The predicted octanol–water partition coefficient (Wildman–Crippen LogP) is 1.91. The van der Waals surface area contributed by atoms with E-state index >= 15 is 0 Å². The number of aromatic nitrogens is 1. The molecule has 0 unspecified atom stereocenters. The Morgan fingerprint density at radius 3 is 2.61 bits per heavy atom. The van der Waals surface area contributed by atoms with Gasteiger partial charge in [0.25, 0.3) is 0 Å². The second-order valence-electron chi connectivity index (χ2n) is 6.95. The number of hydrogen-bond donors (Lipinski definition) is 0.